The van der Waals surface area contributed by atoms with Gasteiger partial charge in [0.15, 0.2) is 11.5 Å². The molecule has 2 aromatic heterocycles. The van der Waals surface area contributed by atoms with Crippen LogP contribution >= 0.6 is 0 Å². The average Bonchev–Trinajstić information content (AvgIpc) is 3.30. The van der Waals surface area contributed by atoms with Gasteiger partial charge in [-0.15, -0.1) is 0 Å². The van der Waals surface area contributed by atoms with E-state index in [-0.39, 0.29) is 17.9 Å². The lowest BCUT2D eigenvalue weighted by Crippen LogP contribution is -2.33. The van der Waals surface area contributed by atoms with Crippen LogP contribution in [0.5, 0.6) is 11.5 Å². The standard InChI is InChI=1S/C27H30N4O3/c1-4-18(3)25(26-29-21-8-6-7-9-22(21)30-26)31-27(32)20-10-11-23(24(16-20)33-5-2)34-17-19-12-14-28-15-13-19/h6-16,18,25H,4-5,17H2,1-3H3,(H,29,30)(H,31,32). The summed E-state index contributed by atoms with van der Waals surface area (Å²) in [5.74, 6) is 1.89. The molecule has 0 saturated heterocycles. The number of imidazole rings is 1. The predicted octanol–water partition coefficient (Wildman–Crippen LogP) is 5.45. The molecule has 176 valence electrons. The molecule has 34 heavy (non-hydrogen) atoms. The number of nitrogens with one attached hydrogen (secondary N) is 2. The highest BCUT2D eigenvalue weighted by Gasteiger charge is 2.24. The molecule has 4 rings (SSSR count). The number of benzene rings is 2. The molecule has 0 aliphatic carbocycles. The number of ether oxygens (including phenoxy) is 2. The van der Waals surface area contributed by atoms with Gasteiger partial charge in [0, 0.05) is 18.0 Å². The molecule has 0 saturated carbocycles. The second kappa shape index (κ2) is 10.8. The predicted molar refractivity (Wildman–Crippen MR) is 132 cm³/mol. The summed E-state index contributed by atoms with van der Waals surface area (Å²) in [6, 6.07) is 16.7. The Bertz CT molecular complexity index is 1210. The Balaban J connectivity index is 1.54. The van der Waals surface area contributed by atoms with Crippen molar-refractivity contribution in [1.29, 1.82) is 0 Å². The van der Waals surface area contributed by atoms with Crippen molar-refractivity contribution >= 4 is 16.9 Å². The summed E-state index contributed by atoms with van der Waals surface area (Å²) in [5, 5.41) is 3.17. The Hall–Kier alpha value is -3.87. The molecule has 0 fully saturated rings. The van der Waals surface area contributed by atoms with Crippen molar-refractivity contribution in [2.45, 2.75) is 39.8 Å². The average molecular weight is 459 g/mol. The fourth-order valence-corrected chi connectivity index (χ4v) is 3.74. The van der Waals surface area contributed by atoms with E-state index in [1.165, 1.54) is 0 Å². The quantitative estimate of drug-likeness (QED) is 0.330. The number of carbonyl (C=O) groups excluding carboxylic acids is 1. The number of hydrogen-bond acceptors (Lipinski definition) is 5. The highest BCUT2D eigenvalue weighted by molar-refractivity contribution is 5.95. The molecule has 2 heterocycles. The van der Waals surface area contributed by atoms with Gasteiger partial charge < -0.3 is 19.8 Å². The van der Waals surface area contributed by atoms with Gasteiger partial charge in [0.25, 0.3) is 5.91 Å². The van der Waals surface area contributed by atoms with E-state index in [0.717, 1.165) is 28.8 Å². The zero-order chi connectivity index (χ0) is 23.9. The minimum Gasteiger partial charge on any atom is -0.490 e. The fraction of sp³-hybridized carbons (Fsp3) is 0.296. The minimum atomic E-state index is -0.247. The summed E-state index contributed by atoms with van der Waals surface area (Å²) < 4.78 is 11.7. The Kier molecular flexibility index (Phi) is 7.42. The number of para-hydroxylation sites is 2. The van der Waals surface area contributed by atoms with Gasteiger partial charge in [0.2, 0.25) is 0 Å². The van der Waals surface area contributed by atoms with E-state index < -0.39 is 0 Å². The van der Waals surface area contributed by atoms with Crippen molar-refractivity contribution in [3.8, 4) is 11.5 Å². The molecular weight excluding hydrogens is 428 g/mol. The van der Waals surface area contributed by atoms with Crippen LogP contribution in [0.25, 0.3) is 11.0 Å². The first-order valence-electron chi connectivity index (χ1n) is 11.6. The van der Waals surface area contributed by atoms with Crippen molar-refractivity contribution < 1.29 is 14.3 Å². The van der Waals surface area contributed by atoms with Gasteiger partial charge in [-0.05, 0) is 60.9 Å². The molecule has 0 aliphatic heterocycles. The summed E-state index contributed by atoms with van der Waals surface area (Å²) >= 11 is 0. The number of hydrogen-bond donors (Lipinski definition) is 2. The lowest BCUT2D eigenvalue weighted by Gasteiger charge is -2.23. The van der Waals surface area contributed by atoms with E-state index in [1.54, 1.807) is 30.6 Å². The number of aromatic amines is 1. The van der Waals surface area contributed by atoms with Crippen LogP contribution in [0, 0.1) is 5.92 Å². The van der Waals surface area contributed by atoms with Crippen molar-refractivity contribution in [2.75, 3.05) is 6.61 Å². The molecule has 7 heteroatoms. The van der Waals surface area contributed by atoms with Gasteiger partial charge in [-0.25, -0.2) is 4.98 Å². The van der Waals surface area contributed by atoms with Gasteiger partial charge in [-0.3, -0.25) is 9.78 Å². The van der Waals surface area contributed by atoms with Crippen LogP contribution in [0.2, 0.25) is 0 Å². The Morgan fingerprint density at radius 1 is 1.03 bits per heavy atom. The maximum atomic E-state index is 13.3. The zero-order valence-corrected chi connectivity index (χ0v) is 19.7. The van der Waals surface area contributed by atoms with Crippen LogP contribution in [-0.2, 0) is 6.61 Å². The lowest BCUT2D eigenvalue weighted by molar-refractivity contribution is 0.0920. The number of nitrogens with zero attached hydrogens (tertiary/aromatic N) is 2. The third kappa shape index (κ3) is 5.36. The Morgan fingerprint density at radius 2 is 1.82 bits per heavy atom. The molecule has 0 radical (unpaired) electrons. The molecule has 7 nitrogen and oxygen atoms in total. The number of rotatable bonds is 10. The number of H-pyrrole nitrogens is 1. The molecule has 0 bridgehead atoms. The molecular formula is C27H30N4O3. The summed E-state index contributed by atoms with van der Waals surface area (Å²) in [4.78, 5) is 25.4. The van der Waals surface area contributed by atoms with Crippen LogP contribution in [0.3, 0.4) is 0 Å². The number of aromatic nitrogens is 3. The van der Waals surface area contributed by atoms with Crippen LogP contribution in [-0.4, -0.2) is 27.5 Å². The van der Waals surface area contributed by atoms with Gasteiger partial charge in [0.05, 0.1) is 23.7 Å². The Morgan fingerprint density at radius 3 is 2.56 bits per heavy atom. The smallest absolute Gasteiger partial charge is 0.252 e. The van der Waals surface area contributed by atoms with E-state index >= 15 is 0 Å². The first-order chi connectivity index (χ1) is 16.6. The minimum absolute atomic E-state index is 0.188. The maximum absolute atomic E-state index is 13.3. The largest absolute Gasteiger partial charge is 0.490 e. The monoisotopic (exact) mass is 458 g/mol. The maximum Gasteiger partial charge on any atom is 0.252 e. The van der Waals surface area contributed by atoms with Crippen LogP contribution in [0.1, 0.15) is 55.0 Å². The van der Waals surface area contributed by atoms with Crippen molar-refractivity contribution in [3.05, 3.63) is 83.9 Å². The third-order valence-electron chi connectivity index (χ3n) is 5.85. The number of pyridine rings is 1. The molecule has 0 spiro atoms. The second-order valence-electron chi connectivity index (χ2n) is 8.21. The second-order valence-corrected chi connectivity index (χ2v) is 8.21. The number of amides is 1. The molecule has 0 aliphatic rings. The highest BCUT2D eigenvalue weighted by atomic mass is 16.5. The van der Waals surface area contributed by atoms with Gasteiger partial charge in [-0.1, -0.05) is 32.4 Å². The molecule has 2 unspecified atom stereocenters. The summed E-state index contributed by atoms with van der Waals surface area (Å²) in [6.07, 6.45) is 4.35. The SMILES string of the molecule is CCOc1cc(C(=O)NC(c2nc3ccccc3[nH]2)C(C)CC)ccc1OCc1ccncc1. The zero-order valence-electron chi connectivity index (χ0n) is 19.7. The highest BCUT2D eigenvalue weighted by Crippen LogP contribution is 2.30. The van der Waals surface area contributed by atoms with Crippen LogP contribution in [0.4, 0.5) is 0 Å². The lowest BCUT2D eigenvalue weighted by atomic mass is 9.98. The summed E-state index contributed by atoms with van der Waals surface area (Å²) in [5.41, 5.74) is 3.34. The Labute approximate surface area is 199 Å². The molecule has 2 atom stereocenters. The van der Waals surface area contributed by atoms with Crippen molar-refractivity contribution in [1.82, 2.24) is 20.3 Å². The number of fused-ring (bicyclic) bond motifs is 1. The molecule has 4 aromatic rings. The van der Waals surface area contributed by atoms with E-state index in [2.05, 4.69) is 29.1 Å². The van der Waals surface area contributed by atoms with E-state index in [4.69, 9.17) is 14.5 Å². The van der Waals surface area contributed by atoms with E-state index in [0.29, 0.717) is 30.3 Å². The fourth-order valence-electron chi connectivity index (χ4n) is 3.74. The summed E-state index contributed by atoms with van der Waals surface area (Å²) in [7, 11) is 0. The molecule has 1 amide bonds. The number of carbonyl (C=O) groups is 1. The van der Waals surface area contributed by atoms with Crippen molar-refractivity contribution in [2.24, 2.45) is 5.92 Å². The van der Waals surface area contributed by atoms with Crippen molar-refractivity contribution in [3.63, 3.8) is 0 Å². The molecule has 2 N–H and O–H groups in total. The van der Waals surface area contributed by atoms with Gasteiger partial charge in [0.1, 0.15) is 12.4 Å². The summed E-state index contributed by atoms with van der Waals surface area (Å²) in [6.45, 7) is 6.97. The topological polar surface area (TPSA) is 89.1 Å². The van der Waals surface area contributed by atoms with Crippen LogP contribution in [0.15, 0.2) is 67.0 Å². The first kappa shape index (κ1) is 23.3. The van der Waals surface area contributed by atoms with Crippen LogP contribution < -0.4 is 14.8 Å². The normalized spacial score (nSPS) is 12.8. The van der Waals surface area contributed by atoms with E-state index in [1.807, 2.05) is 43.3 Å². The van der Waals surface area contributed by atoms with E-state index in [9.17, 15) is 4.79 Å². The third-order valence-corrected chi connectivity index (χ3v) is 5.85. The molecule has 2 aromatic carbocycles. The first-order valence-corrected chi connectivity index (χ1v) is 11.6. The van der Waals surface area contributed by atoms with Gasteiger partial charge >= 0.3 is 0 Å². The van der Waals surface area contributed by atoms with Gasteiger partial charge in [-0.2, -0.15) is 0 Å².